The number of piperidine rings is 1. The highest BCUT2D eigenvalue weighted by Crippen LogP contribution is 2.23. The molecule has 114 valence electrons. The molecule has 0 bridgehead atoms. The molecule has 6 heteroatoms. The number of nitrogens with zero attached hydrogens (tertiary/aromatic N) is 2. The van der Waals surface area contributed by atoms with E-state index in [1.54, 1.807) is 4.90 Å². The normalized spacial score (nSPS) is 22.0. The largest absolute Gasteiger partial charge is 0.481 e. The van der Waals surface area contributed by atoms with Crippen LogP contribution in [0.25, 0.3) is 0 Å². The van der Waals surface area contributed by atoms with Crippen molar-refractivity contribution in [3.8, 4) is 0 Å². The summed E-state index contributed by atoms with van der Waals surface area (Å²) in [6, 6.07) is 3.39. The SMILES string of the molecule is Cc1ccc(NC(=O)N2CC(C)CC(C(=O)O)C2)c(C)n1. The minimum atomic E-state index is -0.840. The highest BCUT2D eigenvalue weighted by atomic mass is 16.4. The Hall–Kier alpha value is -2.11. The van der Waals surface area contributed by atoms with Crippen LogP contribution in [0.4, 0.5) is 10.5 Å². The number of nitrogens with one attached hydrogen (secondary N) is 1. The van der Waals surface area contributed by atoms with Crippen LogP contribution >= 0.6 is 0 Å². The Bertz CT molecular complexity index is 559. The number of anilines is 1. The molecule has 2 unspecified atom stereocenters. The molecule has 0 aliphatic carbocycles. The van der Waals surface area contributed by atoms with Gasteiger partial charge in [0, 0.05) is 18.8 Å². The molecule has 2 heterocycles. The summed E-state index contributed by atoms with van der Waals surface area (Å²) >= 11 is 0. The number of amides is 2. The average molecular weight is 291 g/mol. The molecule has 2 amide bonds. The van der Waals surface area contributed by atoms with Crippen LogP contribution in [0.2, 0.25) is 0 Å². The number of rotatable bonds is 2. The van der Waals surface area contributed by atoms with E-state index >= 15 is 0 Å². The summed E-state index contributed by atoms with van der Waals surface area (Å²) in [4.78, 5) is 29.3. The van der Waals surface area contributed by atoms with E-state index in [-0.39, 0.29) is 18.5 Å². The molecule has 2 rings (SSSR count). The fourth-order valence-corrected chi connectivity index (χ4v) is 2.71. The first-order valence-corrected chi connectivity index (χ1v) is 7.09. The molecule has 1 aliphatic rings. The zero-order valence-electron chi connectivity index (χ0n) is 12.6. The third-order valence-electron chi connectivity index (χ3n) is 3.76. The number of urea groups is 1. The predicted octanol–water partition coefficient (Wildman–Crippen LogP) is 2.27. The van der Waals surface area contributed by atoms with Gasteiger partial charge in [-0.25, -0.2) is 4.79 Å². The Balaban J connectivity index is 2.07. The number of aryl methyl sites for hydroxylation is 2. The number of hydrogen-bond donors (Lipinski definition) is 2. The van der Waals surface area contributed by atoms with Gasteiger partial charge in [0.25, 0.3) is 0 Å². The van der Waals surface area contributed by atoms with Gasteiger partial charge in [0.05, 0.1) is 17.3 Å². The van der Waals surface area contributed by atoms with Gasteiger partial charge in [-0.3, -0.25) is 9.78 Å². The first-order chi connectivity index (χ1) is 9.86. The van der Waals surface area contributed by atoms with E-state index < -0.39 is 11.9 Å². The predicted molar refractivity (Wildman–Crippen MR) is 79.2 cm³/mol. The van der Waals surface area contributed by atoms with Gasteiger partial charge in [0.1, 0.15) is 0 Å². The van der Waals surface area contributed by atoms with E-state index in [4.69, 9.17) is 5.11 Å². The van der Waals surface area contributed by atoms with Gasteiger partial charge in [0.2, 0.25) is 0 Å². The van der Waals surface area contributed by atoms with Crippen molar-refractivity contribution in [3.63, 3.8) is 0 Å². The van der Waals surface area contributed by atoms with Crippen LogP contribution in [-0.2, 0) is 4.79 Å². The lowest BCUT2D eigenvalue weighted by Crippen LogP contribution is -2.47. The van der Waals surface area contributed by atoms with Crippen molar-refractivity contribution in [2.75, 3.05) is 18.4 Å². The van der Waals surface area contributed by atoms with E-state index in [1.165, 1.54) is 0 Å². The van der Waals surface area contributed by atoms with Crippen LogP contribution in [0.15, 0.2) is 12.1 Å². The van der Waals surface area contributed by atoms with Gasteiger partial charge < -0.3 is 15.3 Å². The average Bonchev–Trinajstić information content (AvgIpc) is 2.41. The molecule has 0 saturated carbocycles. The van der Waals surface area contributed by atoms with E-state index in [2.05, 4.69) is 10.3 Å². The van der Waals surface area contributed by atoms with Crippen molar-refractivity contribution in [3.05, 3.63) is 23.5 Å². The van der Waals surface area contributed by atoms with Crippen molar-refractivity contribution >= 4 is 17.7 Å². The number of pyridine rings is 1. The number of carbonyl (C=O) groups is 2. The number of carboxylic acids is 1. The fraction of sp³-hybridized carbons (Fsp3) is 0.533. The molecular formula is C15H21N3O3. The van der Waals surface area contributed by atoms with Crippen LogP contribution in [0.1, 0.15) is 24.7 Å². The summed E-state index contributed by atoms with van der Waals surface area (Å²) in [6.45, 7) is 6.52. The standard InChI is InChI=1S/C15H21N3O3/c1-9-6-12(14(19)20)8-18(7-9)15(21)17-13-5-4-10(2)16-11(13)3/h4-5,9,12H,6-8H2,1-3H3,(H,17,21)(H,19,20). The summed E-state index contributed by atoms with van der Waals surface area (Å²) in [6.07, 6.45) is 0.615. The number of aliphatic carboxylic acids is 1. The van der Waals surface area contributed by atoms with Crippen LogP contribution < -0.4 is 5.32 Å². The van der Waals surface area contributed by atoms with E-state index in [0.29, 0.717) is 18.7 Å². The Morgan fingerprint density at radius 2 is 2.05 bits per heavy atom. The van der Waals surface area contributed by atoms with E-state index in [0.717, 1.165) is 11.4 Å². The third kappa shape index (κ3) is 3.71. The minimum Gasteiger partial charge on any atom is -0.481 e. The van der Waals surface area contributed by atoms with Gasteiger partial charge in [-0.15, -0.1) is 0 Å². The summed E-state index contributed by atoms with van der Waals surface area (Å²) in [7, 11) is 0. The maximum Gasteiger partial charge on any atom is 0.321 e. The number of hydrogen-bond acceptors (Lipinski definition) is 3. The topological polar surface area (TPSA) is 82.5 Å². The Kier molecular flexibility index (Phi) is 4.45. The molecule has 1 aliphatic heterocycles. The quantitative estimate of drug-likeness (QED) is 0.875. The monoisotopic (exact) mass is 291 g/mol. The molecule has 1 aromatic heterocycles. The second kappa shape index (κ2) is 6.11. The van der Waals surface area contributed by atoms with Crippen molar-refractivity contribution in [2.24, 2.45) is 11.8 Å². The Morgan fingerprint density at radius 1 is 1.33 bits per heavy atom. The van der Waals surface area contributed by atoms with Gasteiger partial charge in [0.15, 0.2) is 0 Å². The zero-order chi connectivity index (χ0) is 15.6. The lowest BCUT2D eigenvalue weighted by molar-refractivity contribution is -0.143. The van der Waals surface area contributed by atoms with Crippen LogP contribution in [0, 0.1) is 25.7 Å². The van der Waals surface area contributed by atoms with Crippen LogP contribution in [0.5, 0.6) is 0 Å². The molecule has 2 N–H and O–H groups in total. The molecule has 1 fully saturated rings. The van der Waals surface area contributed by atoms with Crippen LogP contribution in [-0.4, -0.2) is 40.1 Å². The van der Waals surface area contributed by atoms with E-state index in [9.17, 15) is 9.59 Å². The lowest BCUT2D eigenvalue weighted by Gasteiger charge is -2.34. The van der Waals surface area contributed by atoms with E-state index in [1.807, 2.05) is 32.9 Å². The number of carbonyl (C=O) groups excluding carboxylic acids is 1. The van der Waals surface area contributed by atoms with Gasteiger partial charge in [-0.1, -0.05) is 6.92 Å². The number of carboxylic acid groups (broad SMARTS) is 1. The maximum atomic E-state index is 12.3. The van der Waals surface area contributed by atoms with Crippen molar-refractivity contribution < 1.29 is 14.7 Å². The first-order valence-electron chi connectivity index (χ1n) is 7.09. The fourth-order valence-electron chi connectivity index (χ4n) is 2.71. The molecule has 2 atom stereocenters. The molecule has 1 aromatic rings. The number of aromatic nitrogens is 1. The smallest absolute Gasteiger partial charge is 0.321 e. The molecule has 6 nitrogen and oxygen atoms in total. The summed E-state index contributed by atoms with van der Waals surface area (Å²) in [5.41, 5.74) is 2.31. The molecule has 0 radical (unpaired) electrons. The van der Waals surface area contributed by atoms with Crippen molar-refractivity contribution in [2.45, 2.75) is 27.2 Å². The van der Waals surface area contributed by atoms with Gasteiger partial charge in [-0.2, -0.15) is 0 Å². The van der Waals surface area contributed by atoms with Crippen LogP contribution in [0.3, 0.4) is 0 Å². The molecule has 0 aromatic carbocycles. The molecule has 0 spiro atoms. The maximum absolute atomic E-state index is 12.3. The Morgan fingerprint density at radius 3 is 2.67 bits per heavy atom. The Labute approximate surface area is 124 Å². The van der Waals surface area contributed by atoms with Gasteiger partial charge in [-0.05, 0) is 38.3 Å². The highest BCUT2D eigenvalue weighted by molar-refractivity contribution is 5.90. The summed E-state index contributed by atoms with van der Waals surface area (Å²) in [5.74, 6) is -1.15. The van der Waals surface area contributed by atoms with Crippen molar-refractivity contribution in [1.82, 2.24) is 9.88 Å². The van der Waals surface area contributed by atoms with Gasteiger partial charge >= 0.3 is 12.0 Å². The number of likely N-dealkylation sites (tertiary alicyclic amines) is 1. The third-order valence-corrected chi connectivity index (χ3v) is 3.76. The minimum absolute atomic E-state index is 0.183. The zero-order valence-corrected chi connectivity index (χ0v) is 12.6. The molecular weight excluding hydrogens is 270 g/mol. The first kappa shape index (κ1) is 15.3. The second-order valence-electron chi connectivity index (χ2n) is 5.80. The molecule has 21 heavy (non-hydrogen) atoms. The lowest BCUT2D eigenvalue weighted by atomic mass is 9.91. The second-order valence-corrected chi connectivity index (χ2v) is 5.80. The highest BCUT2D eigenvalue weighted by Gasteiger charge is 2.32. The summed E-state index contributed by atoms with van der Waals surface area (Å²) in [5, 5.41) is 12.0. The molecule has 1 saturated heterocycles. The summed E-state index contributed by atoms with van der Waals surface area (Å²) < 4.78 is 0. The van der Waals surface area contributed by atoms with Crippen molar-refractivity contribution in [1.29, 1.82) is 0 Å².